The van der Waals surface area contributed by atoms with E-state index < -0.39 is 51.5 Å². The number of nitro groups is 1. The molecule has 0 saturated heterocycles. The molecule has 0 aliphatic rings. The number of carbonyl (C=O) groups excluding carboxylic acids is 2. The summed E-state index contributed by atoms with van der Waals surface area (Å²) in [6, 6.07) is 2.93. The van der Waals surface area contributed by atoms with Gasteiger partial charge in [0, 0.05) is 23.9 Å². The Morgan fingerprint density at radius 2 is 1.97 bits per heavy atom. The van der Waals surface area contributed by atoms with Crippen LogP contribution in [0.25, 0.3) is 0 Å². The van der Waals surface area contributed by atoms with Crippen LogP contribution in [0.1, 0.15) is 30.2 Å². The van der Waals surface area contributed by atoms with Gasteiger partial charge in [0.05, 0.1) is 12.0 Å². The molecule has 11 heteroatoms. The molecular formula is C18H17ClFN3O6. The number of hydrogen-bond acceptors (Lipinski definition) is 6. The van der Waals surface area contributed by atoms with E-state index in [1.807, 2.05) is 0 Å². The normalized spacial score (nSPS) is 11.8. The van der Waals surface area contributed by atoms with Crippen LogP contribution < -0.4 is 10.9 Å². The molecule has 9 nitrogen and oxygen atoms in total. The van der Waals surface area contributed by atoms with Crippen molar-refractivity contribution in [3.63, 3.8) is 0 Å². The van der Waals surface area contributed by atoms with Crippen molar-refractivity contribution in [1.82, 2.24) is 4.57 Å². The van der Waals surface area contributed by atoms with Crippen LogP contribution in [0.4, 0.5) is 15.8 Å². The van der Waals surface area contributed by atoms with E-state index >= 15 is 0 Å². The number of nitro benzene ring substituents is 1. The van der Waals surface area contributed by atoms with Crippen molar-refractivity contribution < 1.29 is 23.6 Å². The van der Waals surface area contributed by atoms with E-state index in [1.54, 1.807) is 13.8 Å². The van der Waals surface area contributed by atoms with Crippen LogP contribution in [0.2, 0.25) is 5.02 Å². The maximum atomic E-state index is 14.1. The molecule has 1 amide bonds. The number of anilines is 1. The summed E-state index contributed by atoms with van der Waals surface area (Å²) >= 11 is 5.78. The second kappa shape index (κ2) is 8.82. The molecule has 1 unspecified atom stereocenters. The van der Waals surface area contributed by atoms with E-state index in [1.165, 1.54) is 0 Å². The summed E-state index contributed by atoms with van der Waals surface area (Å²) in [6.07, 6.45) is 0.850. The van der Waals surface area contributed by atoms with Crippen molar-refractivity contribution in [3.8, 4) is 0 Å². The Balaban J connectivity index is 2.44. The highest BCUT2D eigenvalue weighted by atomic mass is 35.5. The van der Waals surface area contributed by atoms with E-state index in [0.29, 0.717) is 0 Å². The maximum absolute atomic E-state index is 14.1. The topological polar surface area (TPSA) is 121 Å². The third-order valence-corrected chi connectivity index (χ3v) is 4.34. The summed E-state index contributed by atoms with van der Waals surface area (Å²) in [5, 5.41) is 12.8. The van der Waals surface area contributed by atoms with Crippen LogP contribution in [-0.4, -0.2) is 28.5 Å². The Hall–Kier alpha value is -3.27. The zero-order valence-electron chi connectivity index (χ0n) is 15.6. The number of hydrogen-bond donors (Lipinski definition) is 1. The van der Waals surface area contributed by atoms with Gasteiger partial charge in [-0.1, -0.05) is 25.4 Å². The summed E-state index contributed by atoms with van der Waals surface area (Å²) < 4.78 is 19.6. The van der Waals surface area contributed by atoms with Crippen LogP contribution in [0.15, 0.2) is 35.3 Å². The Kier molecular flexibility index (Phi) is 6.70. The van der Waals surface area contributed by atoms with Crippen molar-refractivity contribution >= 4 is 34.9 Å². The lowest BCUT2D eigenvalue weighted by Gasteiger charge is -2.21. The van der Waals surface area contributed by atoms with Crippen molar-refractivity contribution in [2.24, 2.45) is 5.92 Å². The number of halogens is 2. The first-order valence-electron chi connectivity index (χ1n) is 8.31. The van der Waals surface area contributed by atoms with Gasteiger partial charge in [0.1, 0.15) is 22.6 Å². The molecule has 0 fully saturated rings. The molecule has 1 heterocycles. The highest BCUT2D eigenvalue weighted by Crippen LogP contribution is 2.25. The summed E-state index contributed by atoms with van der Waals surface area (Å²) in [4.78, 5) is 47.3. The van der Waals surface area contributed by atoms with Crippen LogP contribution in [-0.2, 0) is 9.53 Å². The average Bonchev–Trinajstić information content (AvgIpc) is 2.64. The highest BCUT2D eigenvalue weighted by Gasteiger charge is 2.27. The van der Waals surface area contributed by atoms with Crippen LogP contribution in [0.3, 0.4) is 0 Å². The van der Waals surface area contributed by atoms with E-state index in [9.17, 15) is 28.9 Å². The second-order valence-electron chi connectivity index (χ2n) is 6.37. The Morgan fingerprint density at radius 1 is 1.31 bits per heavy atom. The first-order valence-corrected chi connectivity index (χ1v) is 8.69. The first kappa shape index (κ1) is 22.0. The average molecular weight is 426 g/mol. The number of carbonyl (C=O) groups is 2. The minimum absolute atomic E-state index is 0.0795. The lowest BCUT2D eigenvalue weighted by molar-refractivity contribution is -0.384. The summed E-state index contributed by atoms with van der Waals surface area (Å²) in [5.41, 5.74) is -1.71. The molecule has 1 aromatic heterocycles. The van der Waals surface area contributed by atoms with Gasteiger partial charge in [-0.15, -0.1) is 0 Å². The summed E-state index contributed by atoms with van der Waals surface area (Å²) in [6.45, 7) is 3.30. The van der Waals surface area contributed by atoms with Gasteiger partial charge in [-0.25, -0.2) is 9.18 Å². The lowest BCUT2D eigenvalue weighted by atomic mass is 10.0. The molecule has 154 valence electrons. The third kappa shape index (κ3) is 4.77. The van der Waals surface area contributed by atoms with Gasteiger partial charge in [-0.3, -0.25) is 24.3 Å². The van der Waals surface area contributed by atoms with Crippen LogP contribution in [0.5, 0.6) is 0 Å². The molecule has 0 aliphatic carbocycles. The molecule has 29 heavy (non-hydrogen) atoms. The summed E-state index contributed by atoms with van der Waals surface area (Å²) in [5.74, 6) is -2.85. The number of ether oxygens (including phenoxy) is 1. The molecule has 2 aromatic rings. The van der Waals surface area contributed by atoms with Crippen molar-refractivity contribution in [2.45, 2.75) is 19.9 Å². The van der Waals surface area contributed by atoms with Gasteiger partial charge >= 0.3 is 5.97 Å². The zero-order valence-corrected chi connectivity index (χ0v) is 16.4. The Bertz CT molecular complexity index is 1040. The third-order valence-electron chi connectivity index (χ3n) is 4.04. The van der Waals surface area contributed by atoms with Gasteiger partial charge in [-0.05, 0) is 18.1 Å². The number of rotatable bonds is 6. The fourth-order valence-electron chi connectivity index (χ4n) is 2.68. The van der Waals surface area contributed by atoms with Gasteiger partial charge in [0.15, 0.2) is 0 Å². The van der Waals surface area contributed by atoms with Gasteiger partial charge in [0.2, 0.25) is 0 Å². The highest BCUT2D eigenvalue weighted by molar-refractivity contribution is 6.33. The molecular weight excluding hydrogens is 409 g/mol. The Morgan fingerprint density at radius 3 is 2.48 bits per heavy atom. The minimum Gasteiger partial charge on any atom is -0.467 e. The van der Waals surface area contributed by atoms with Crippen molar-refractivity contribution in [1.29, 1.82) is 0 Å². The number of methoxy groups -OCH3 is 1. The number of nitrogens with zero attached hydrogens (tertiary/aromatic N) is 2. The molecule has 0 saturated carbocycles. The van der Waals surface area contributed by atoms with Crippen LogP contribution >= 0.6 is 11.6 Å². The smallest absolute Gasteiger partial charge is 0.329 e. The number of pyridine rings is 1. The first-order chi connectivity index (χ1) is 13.6. The molecule has 1 N–H and O–H groups in total. The predicted molar refractivity (Wildman–Crippen MR) is 103 cm³/mol. The lowest BCUT2D eigenvalue weighted by Crippen LogP contribution is -2.35. The second-order valence-corrected chi connectivity index (χ2v) is 6.78. The number of aromatic nitrogens is 1. The molecule has 1 aromatic carbocycles. The van der Waals surface area contributed by atoms with E-state index in [4.69, 9.17) is 11.6 Å². The maximum Gasteiger partial charge on any atom is 0.329 e. The van der Waals surface area contributed by atoms with E-state index in [2.05, 4.69) is 10.1 Å². The SMILES string of the molecule is COC(=O)C(C(C)C)n1cc(F)cc(NC(=O)c2ccc([N+](=O)[O-])c(Cl)c2)c1=O. The molecule has 2 rings (SSSR count). The number of benzene rings is 1. The van der Waals surface area contributed by atoms with Gasteiger partial charge in [-0.2, -0.15) is 0 Å². The molecule has 0 spiro atoms. The molecule has 0 bridgehead atoms. The van der Waals surface area contributed by atoms with E-state index in [0.717, 1.165) is 42.1 Å². The van der Waals surface area contributed by atoms with Crippen molar-refractivity contribution in [3.05, 3.63) is 67.3 Å². The fourth-order valence-corrected chi connectivity index (χ4v) is 2.93. The standard InChI is InChI=1S/C18H17ClFN3O6/c1-9(2)15(18(26)29-3)22-8-11(20)7-13(17(22)25)21-16(24)10-4-5-14(23(27)28)12(19)6-10/h4-9,15H,1-3H3,(H,21,24). The van der Waals surface area contributed by atoms with E-state index in [-0.39, 0.29) is 10.6 Å². The largest absolute Gasteiger partial charge is 0.467 e. The Labute approximate surface area is 169 Å². The van der Waals surface area contributed by atoms with Gasteiger partial charge in [0.25, 0.3) is 17.2 Å². The molecule has 0 radical (unpaired) electrons. The van der Waals surface area contributed by atoms with Crippen molar-refractivity contribution in [2.75, 3.05) is 12.4 Å². The zero-order chi connectivity index (χ0) is 21.9. The monoisotopic (exact) mass is 425 g/mol. The molecule has 0 aliphatic heterocycles. The summed E-state index contributed by atoms with van der Waals surface area (Å²) in [7, 11) is 1.14. The number of amides is 1. The van der Waals surface area contributed by atoms with Crippen LogP contribution in [0, 0.1) is 21.8 Å². The predicted octanol–water partition coefficient (Wildman–Crippen LogP) is 3.17. The quantitative estimate of drug-likeness (QED) is 0.431. The molecule has 1 atom stereocenters. The van der Waals surface area contributed by atoms with Gasteiger partial charge < -0.3 is 10.1 Å². The minimum atomic E-state index is -1.10. The number of esters is 1. The fraction of sp³-hybridized carbons (Fsp3) is 0.278. The number of nitrogens with one attached hydrogen (secondary N) is 1.